The van der Waals surface area contributed by atoms with Crippen molar-refractivity contribution in [2.45, 2.75) is 45.2 Å². The number of ether oxygens (including phenoxy) is 1. The number of carbonyl (C=O) groups excluding carboxylic acids is 1. The van der Waals surface area contributed by atoms with Gasteiger partial charge >= 0.3 is 0 Å². The molecule has 90 valence electrons. The largest absolute Gasteiger partial charge is 0.347 e. The van der Waals surface area contributed by atoms with Crippen LogP contribution in [0.25, 0.3) is 0 Å². The Bertz CT molecular complexity index is 347. The summed E-state index contributed by atoms with van der Waals surface area (Å²) < 4.78 is 6.01. The molecular weight excluding hydrogens is 204 g/mol. The van der Waals surface area contributed by atoms with Crippen LogP contribution >= 0.6 is 0 Å². The minimum atomic E-state index is -0.547. The molecule has 2 aliphatic rings. The summed E-state index contributed by atoms with van der Waals surface area (Å²) in [7, 11) is 2.02. The zero-order valence-electron chi connectivity index (χ0n) is 10.7. The van der Waals surface area contributed by atoms with Gasteiger partial charge in [0, 0.05) is 12.6 Å². The molecule has 1 amide bonds. The van der Waals surface area contributed by atoms with Gasteiger partial charge in [-0.3, -0.25) is 14.6 Å². The third-order valence-electron chi connectivity index (χ3n) is 3.27. The number of amides is 1. The highest BCUT2D eigenvalue weighted by Gasteiger charge is 2.55. The Hall–Kier alpha value is -0.870. The molecule has 0 saturated carbocycles. The molecule has 0 spiro atoms. The van der Waals surface area contributed by atoms with Crippen molar-refractivity contribution in [2.75, 3.05) is 13.6 Å². The van der Waals surface area contributed by atoms with E-state index in [0.717, 1.165) is 6.54 Å². The van der Waals surface area contributed by atoms with Crippen LogP contribution in [0.2, 0.25) is 0 Å². The predicted octanol–water partition coefficient (Wildman–Crippen LogP) is 1.19. The minimum Gasteiger partial charge on any atom is -0.347 e. The van der Waals surface area contributed by atoms with E-state index in [0.29, 0.717) is 0 Å². The van der Waals surface area contributed by atoms with Gasteiger partial charge in [-0.15, -0.1) is 0 Å². The van der Waals surface area contributed by atoms with Gasteiger partial charge in [0.15, 0.2) is 0 Å². The molecule has 2 aliphatic heterocycles. The molecule has 1 atom stereocenters. The second-order valence-corrected chi connectivity index (χ2v) is 5.58. The van der Waals surface area contributed by atoms with E-state index in [1.54, 1.807) is 6.08 Å². The van der Waals surface area contributed by atoms with Crippen LogP contribution in [0.1, 0.15) is 27.7 Å². The lowest BCUT2D eigenvalue weighted by atomic mass is 10.0. The molecule has 2 rings (SSSR count). The van der Waals surface area contributed by atoms with E-state index >= 15 is 0 Å². The highest BCUT2D eigenvalue weighted by Crippen LogP contribution is 2.40. The standard InChI is InChI=1S/C12H20N2O2/c1-11(2)10-13(5)8-6-7-9(15)14(10)12(3,4)16-11/h6-7,10H,8H2,1-5H3. The lowest BCUT2D eigenvalue weighted by Gasteiger charge is -2.37. The Balaban J connectivity index is 2.47. The zero-order chi connectivity index (χ0) is 12.1. The Labute approximate surface area is 96.8 Å². The smallest absolute Gasteiger partial charge is 0.249 e. The number of fused-ring (bicyclic) bond motifs is 1. The molecular formula is C12H20N2O2. The first kappa shape index (κ1) is 11.6. The summed E-state index contributed by atoms with van der Waals surface area (Å²) in [4.78, 5) is 16.1. The van der Waals surface area contributed by atoms with E-state index in [-0.39, 0.29) is 17.7 Å². The minimum absolute atomic E-state index is 0.00926. The summed E-state index contributed by atoms with van der Waals surface area (Å²) in [5.41, 5.74) is -0.895. The van der Waals surface area contributed by atoms with Crippen molar-refractivity contribution < 1.29 is 9.53 Å². The van der Waals surface area contributed by atoms with Gasteiger partial charge in [-0.05, 0) is 34.7 Å². The Morgan fingerprint density at radius 2 is 2.00 bits per heavy atom. The van der Waals surface area contributed by atoms with Crippen LogP contribution in [0.15, 0.2) is 12.2 Å². The number of hydrogen-bond donors (Lipinski definition) is 0. The molecule has 4 nitrogen and oxygen atoms in total. The maximum Gasteiger partial charge on any atom is 0.249 e. The van der Waals surface area contributed by atoms with E-state index in [9.17, 15) is 4.79 Å². The van der Waals surface area contributed by atoms with Crippen LogP contribution in [0.5, 0.6) is 0 Å². The van der Waals surface area contributed by atoms with Crippen molar-refractivity contribution in [1.82, 2.24) is 9.80 Å². The quantitative estimate of drug-likeness (QED) is 0.619. The average molecular weight is 224 g/mol. The molecule has 0 radical (unpaired) electrons. The van der Waals surface area contributed by atoms with Crippen molar-refractivity contribution in [1.29, 1.82) is 0 Å². The molecule has 0 aromatic heterocycles. The Morgan fingerprint density at radius 3 is 2.62 bits per heavy atom. The van der Waals surface area contributed by atoms with Gasteiger partial charge in [0.1, 0.15) is 11.9 Å². The molecule has 0 aromatic carbocycles. The van der Waals surface area contributed by atoms with Crippen LogP contribution < -0.4 is 0 Å². The maximum absolute atomic E-state index is 12.1. The molecule has 0 aliphatic carbocycles. The van der Waals surface area contributed by atoms with Crippen LogP contribution in [0, 0.1) is 0 Å². The third kappa shape index (κ3) is 1.57. The summed E-state index contributed by atoms with van der Waals surface area (Å²) in [6, 6.07) is 0. The second kappa shape index (κ2) is 3.31. The van der Waals surface area contributed by atoms with Crippen molar-refractivity contribution in [3.05, 3.63) is 12.2 Å². The highest BCUT2D eigenvalue weighted by molar-refractivity contribution is 5.89. The summed E-state index contributed by atoms with van der Waals surface area (Å²) in [5.74, 6) is 0.0323. The van der Waals surface area contributed by atoms with Gasteiger partial charge in [0.25, 0.3) is 0 Å². The van der Waals surface area contributed by atoms with E-state index in [1.165, 1.54) is 0 Å². The zero-order valence-corrected chi connectivity index (χ0v) is 10.7. The van der Waals surface area contributed by atoms with Gasteiger partial charge in [-0.2, -0.15) is 0 Å². The van der Waals surface area contributed by atoms with Crippen molar-refractivity contribution >= 4 is 5.91 Å². The molecule has 0 aromatic rings. The third-order valence-corrected chi connectivity index (χ3v) is 3.27. The SMILES string of the molecule is CN1CC=CC(=O)N2C1C(C)(C)OC2(C)C. The van der Waals surface area contributed by atoms with Gasteiger partial charge in [-0.25, -0.2) is 0 Å². The highest BCUT2D eigenvalue weighted by atomic mass is 16.6. The molecule has 1 unspecified atom stereocenters. The summed E-state index contributed by atoms with van der Waals surface area (Å²) in [6.07, 6.45) is 3.54. The second-order valence-electron chi connectivity index (χ2n) is 5.58. The lowest BCUT2D eigenvalue weighted by molar-refractivity contribution is -0.145. The van der Waals surface area contributed by atoms with Crippen LogP contribution in [0.3, 0.4) is 0 Å². The molecule has 0 bridgehead atoms. The first-order valence-corrected chi connectivity index (χ1v) is 5.66. The number of likely N-dealkylation sites (N-methyl/N-ethyl adjacent to an activating group) is 1. The van der Waals surface area contributed by atoms with Gasteiger partial charge < -0.3 is 4.74 Å². The van der Waals surface area contributed by atoms with Crippen LogP contribution in [-0.2, 0) is 9.53 Å². The predicted molar refractivity (Wildman–Crippen MR) is 61.6 cm³/mol. The van der Waals surface area contributed by atoms with Crippen molar-refractivity contribution in [3.63, 3.8) is 0 Å². The van der Waals surface area contributed by atoms with Crippen molar-refractivity contribution in [2.24, 2.45) is 0 Å². The first-order chi connectivity index (χ1) is 7.26. The van der Waals surface area contributed by atoms with E-state index in [1.807, 2.05) is 45.7 Å². The summed E-state index contributed by atoms with van der Waals surface area (Å²) in [5, 5.41) is 0. The summed E-state index contributed by atoms with van der Waals surface area (Å²) in [6.45, 7) is 8.73. The van der Waals surface area contributed by atoms with Crippen molar-refractivity contribution in [3.8, 4) is 0 Å². The normalized spacial score (nSPS) is 32.7. The van der Waals surface area contributed by atoms with Crippen LogP contribution in [-0.4, -0.2) is 46.8 Å². The van der Waals surface area contributed by atoms with Gasteiger partial charge in [-0.1, -0.05) is 6.08 Å². The molecule has 1 fully saturated rings. The summed E-state index contributed by atoms with van der Waals surface area (Å²) >= 11 is 0. The number of rotatable bonds is 0. The van der Waals surface area contributed by atoms with Crippen LogP contribution in [0.4, 0.5) is 0 Å². The average Bonchev–Trinajstić information content (AvgIpc) is 2.23. The lowest BCUT2D eigenvalue weighted by Crippen LogP contribution is -2.55. The Morgan fingerprint density at radius 1 is 1.38 bits per heavy atom. The van der Waals surface area contributed by atoms with E-state index in [2.05, 4.69) is 4.90 Å². The van der Waals surface area contributed by atoms with E-state index in [4.69, 9.17) is 4.74 Å². The van der Waals surface area contributed by atoms with E-state index < -0.39 is 5.72 Å². The Kier molecular flexibility index (Phi) is 2.40. The molecule has 0 N–H and O–H groups in total. The molecule has 4 heteroatoms. The number of nitrogens with zero attached hydrogens (tertiary/aromatic N) is 2. The molecule has 16 heavy (non-hydrogen) atoms. The van der Waals surface area contributed by atoms with Gasteiger partial charge in [0.2, 0.25) is 5.91 Å². The monoisotopic (exact) mass is 224 g/mol. The van der Waals surface area contributed by atoms with Gasteiger partial charge in [0.05, 0.1) is 5.60 Å². The molecule has 1 saturated heterocycles. The number of carbonyl (C=O) groups is 1. The topological polar surface area (TPSA) is 32.8 Å². The fourth-order valence-electron chi connectivity index (χ4n) is 2.96. The first-order valence-electron chi connectivity index (χ1n) is 5.66. The maximum atomic E-state index is 12.1. The number of hydrogen-bond acceptors (Lipinski definition) is 3. The fraction of sp³-hybridized carbons (Fsp3) is 0.750. The molecule has 2 heterocycles. The fourth-order valence-corrected chi connectivity index (χ4v) is 2.96.